The zero-order valence-corrected chi connectivity index (χ0v) is 7.95. The van der Waals surface area contributed by atoms with Gasteiger partial charge in [-0.1, -0.05) is 0 Å². The first-order valence-electron chi connectivity index (χ1n) is 4.13. The Morgan fingerprint density at radius 2 is 2.19 bits per heavy atom. The fourth-order valence-electron chi connectivity index (χ4n) is 1.11. The van der Waals surface area contributed by atoms with Gasteiger partial charge in [-0.05, 0) is 18.2 Å². The number of nitriles is 1. The van der Waals surface area contributed by atoms with Gasteiger partial charge in [-0.3, -0.25) is 14.9 Å². The Morgan fingerprint density at radius 1 is 1.50 bits per heavy atom. The van der Waals surface area contributed by atoms with Crippen molar-refractivity contribution in [2.45, 2.75) is 0 Å². The summed E-state index contributed by atoms with van der Waals surface area (Å²) in [5.41, 5.74) is -0.475. The molecule has 0 bridgehead atoms. The van der Waals surface area contributed by atoms with Crippen molar-refractivity contribution in [3.8, 4) is 11.8 Å². The van der Waals surface area contributed by atoms with E-state index < -0.39 is 16.4 Å². The second-order valence-corrected chi connectivity index (χ2v) is 2.80. The van der Waals surface area contributed by atoms with Crippen LogP contribution in [0.2, 0.25) is 0 Å². The number of rotatable bonds is 3. The summed E-state index contributed by atoms with van der Waals surface area (Å²) in [5, 5.41) is 28.7. The molecule has 0 fully saturated rings. The Balaban J connectivity index is 3.44. The fourth-order valence-corrected chi connectivity index (χ4v) is 1.11. The number of carbonyl (C=O) groups excluding carboxylic acids is 1. The van der Waals surface area contributed by atoms with Crippen LogP contribution in [0.15, 0.2) is 18.2 Å². The van der Waals surface area contributed by atoms with E-state index in [4.69, 9.17) is 5.26 Å². The Bertz CT molecular complexity index is 514. The standard InChI is InChI=1S/C10H6N2O4/c11-6-7-4-8(2-1-3-13)10(14)9(5-7)12(15)16/h1-5,14H. The molecule has 6 heteroatoms. The highest BCUT2D eigenvalue weighted by Crippen LogP contribution is 2.31. The molecule has 0 heterocycles. The zero-order valence-electron chi connectivity index (χ0n) is 7.95. The summed E-state index contributed by atoms with van der Waals surface area (Å²) in [7, 11) is 0. The summed E-state index contributed by atoms with van der Waals surface area (Å²) in [6.45, 7) is 0. The molecule has 0 amide bonds. The summed E-state index contributed by atoms with van der Waals surface area (Å²) in [6.07, 6.45) is 2.72. The number of aromatic hydroxyl groups is 1. The van der Waals surface area contributed by atoms with Crippen molar-refractivity contribution in [3.05, 3.63) is 39.4 Å². The van der Waals surface area contributed by atoms with Gasteiger partial charge in [0.2, 0.25) is 5.75 Å². The fraction of sp³-hybridized carbons (Fsp3) is 0. The Labute approximate surface area is 90.2 Å². The zero-order chi connectivity index (χ0) is 12.1. The highest BCUT2D eigenvalue weighted by atomic mass is 16.6. The monoisotopic (exact) mass is 218 g/mol. The van der Waals surface area contributed by atoms with Gasteiger partial charge >= 0.3 is 5.69 Å². The molecule has 0 radical (unpaired) electrons. The average Bonchev–Trinajstić information content (AvgIpc) is 2.27. The summed E-state index contributed by atoms with van der Waals surface area (Å²) < 4.78 is 0. The van der Waals surface area contributed by atoms with Crippen LogP contribution in [0.25, 0.3) is 6.08 Å². The molecule has 1 aromatic carbocycles. The molecule has 1 rings (SSSR count). The minimum absolute atomic E-state index is 0.0371. The Morgan fingerprint density at radius 3 is 2.69 bits per heavy atom. The van der Waals surface area contributed by atoms with Crippen molar-refractivity contribution < 1.29 is 14.8 Å². The van der Waals surface area contributed by atoms with Gasteiger partial charge in [0.25, 0.3) is 0 Å². The molecule has 6 nitrogen and oxygen atoms in total. The number of nitrogens with zero attached hydrogens (tertiary/aromatic N) is 2. The number of hydrogen-bond acceptors (Lipinski definition) is 5. The van der Waals surface area contributed by atoms with Crippen LogP contribution < -0.4 is 0 Å². The van der Waals surface area contributed by atoms with Crippen molar-refractivity contribution in [3.63, 3.8) is 0 Å². The van der Waals surface area contributed by atoms with Crippen LogP contribution in [-0.4, -0.2) is 16.3 Å². The molecule has 0 spiro atoms. The van der Waals surface area contributed by atoms with Crippen molar-refractivity contribution in [1.82, 2.24) is 0 Å². The maximum Gasteiger partial charge on any atom is 0.312 e. The molecule has 80 valence electrons. The van der Waals surface area contributed by atoms with Gasteiger partial charge in [-0.2, -0.15) is 5.26 Å². The number of benzene rings is 1. The van der Waals surface area contributed by atoms with Crippen LogP contribution in [0.1, 0.15) is 11.1 Å². The molecule has 0 aliphatic heterocycles. The average molecular weight is 218 g/mol. The van der Waals surface area contributed by atoms with E-state index in [1.54, 1.807) is 6.07 Å². The first kappa shape index (κ1) is 11.4. The highest BCUT2D eigenvalue weighted by molar-refractivity contribution is 5.77. The number of carbonyl (C=O) groups is 1. The van der Waals surface area contributed by atoms with E-state index in [1.165, 1.54) is 12.1 Å². The van der Waals surface area contributed by atoms with Gasteiger partial charge < -0.3 is 5.11 Å². The molecule has 0 saturated heterocycles. The summed E-state index contributed by atoms with van der Waals surface area (Å²) in [5.74, 6) is -0.568. The Kier molecular flexibility index (Phi) is 3.35. The second-order valence-electron chi connectivity index (χ2n) is 2.80. The molecular formula is C10H6N2O4. The lowest BCUT2D eigenvalue weighted by molar-refractivity contribution is -0.385. The largest absolute Gasteiger partial charge is 0.502 e. The van der Waals surface area contributed by atoms with E-state index in [2.05, 4.69) is 0 Å². The van der Waals surface area contributed by atoms with Crippen LogP contribution in [-0.2, 0) is 4.79 Å². The lowest BCUT2D eigenvalue weighted by Crippen LogP contribution is -1.92. The van der Waals surface area contributed by atoms with Crippen LogP contribution >= 0.6 is 0 Å². The molecule has 16 heavy (non-hydrogen) atoms. The van der Waals surface area contributed by atoms with Crippen LogP contribution in [0.3, 0.4) is 0 Å². The van der Waals surface area contributed by atoms with Gasteiger partial charge in [0.05, 0.1) is 16.6 Å². The first-order chi connectivity index (χ1) is 7.60. The number of phenolic OH excluding ortho intramolecular Hbond substituents is 1. The number of phenols is 1. The first-order valence-corrected chi connectivity index (χ1v) is 4.13. The normalized spacial score (nSPS) is 9.94. The third kappa shape index (κ3) is 2.22. The number of hydrogen-bond donors (Lipinski definition) is 1. The summed E-state index contributed by atoms with van der Waals surface area (Å²) in [6, 6.07) is 3.95. The maximum absolute atomic E-state index is 10.6. The van der Waals surface area contributed by atoms with Crippen molar-refractivity contribution in [2.75, 3.05) is 0 Å². The predicted molar refractivity (Wildman–Crippen MR) is 54.6 cm³/mol. The molecule has 0 aliphatic rings. The second kappa shape index (κ2) is 4.70. The van der Waals surface area contributed by atoms with Gasteiger partial charge in [-0.15, -0.1) is 0 Å². The van der Waals surface area contributed by atoms with Crippen LogP contribution in [0, 0.1) is 21.4 Å². The van der Waals surface area contributed by atoms with Crippen LogP contribution in [0.4, 0.5) is 5.69 Å². The van der Waals surface area contributed by atoms with Gasteiger partial charge in [0, 0.05) is 11.6 Å². The minimum Gasteiger partial charge on any atom is -0.502 e. The molecule has 0 aromatic heterocycles. The molecule has 0 atom stereocenters. The third-order valence-electron chi connectivity index (χ3n) is 1.80. The molecule has 1 aromatic rings. The van der Waals surface area contributed by atoms with E-state index in [0.717, 1.165) is 12.1 Å². The molecule has 0 saturated carbocycles. The van der Waals surface area contributed by atoms with Crippen molar-refractivity contribution in [1.29, 1.82) is 5.26 Å². The maximum atomic E-state index is 10.6. The van der Waals surface area contributed by atoms with Gasteiger partial charge in [0.15, 0.2) is 0 Å². The molecule has 1 N–H and O–H groups in total. The van der Waals surface area contributed by atoms with Crippen molar-refractivity contribution in [2.24, 2.45) is 0 Å². The van der Waals surface area contributed by atoms with E-state index >= 15 is 0 Å². The topological polar surface area (TPSA) is 104 Å². The van der Waals surface area contributed by atoms with E-state index in [1.807, 2.05) is 0 Å². The SMILES string of the molecule is N#Cc1cc(C=CC=O)c(O)c([N+](=O)[O-])c1. The van der Waals surface area contributed by atoms with Gasteiger partial charge in [-0.25, -0.2) is 0 Å². The van der Waals surface area contributed by atoms with Gasteiger partial charge in [0.1, 0.15) is 6.29 Å². The third-order valence-corrected chi connectivity index (χ3v) is 1.80. The van der Waals surface area contributed by atoms with Crippen LogP contribution in [0.5, 0.6) is 5.75 Å². The number of allylic oxidation sites excluding steroid dienone is 1. The lowest BCUT2D eigenvalue weighted by atomic mass is 10.1. The van der Waals surface area contributed by atoms with E-state index in [9.17, 15) is 20.0 Å². The van der Waals surface area contributed by atoms with Crippen molar-refractivity contribution >= 4 is 18.0 Å². The Hall–Kier alpha value is -2.68. The number of aldehydes is 1. The predicted octanol–water partition coefficient (Wildman–Crippen LogP) is 1.38. The molecule has 0 aliphatic carbocycles. The summed E-state index contributed by atoms with van der Waals surface area (Å²) in [4.78, 5) is 19.9. The van der Waals surface area contributed by atoms with E-state index in [0.29, 0.717) is 6.29 Å². The quantitative estimate of drug-likeness (QED) is 0.357. The minimum atomic E-state index is -0.797. The number of nitro groups is 1. The molecular weight excluding hydrogens is 212 g/mol. The lowest BCUT2D eigenvalue weighted by Gasteiger charge is -2.00. The highest BCUT2D eigenvalue weighted by Gasteiger charge is 2.17. The summed E-state index contributed by atoms with van der Waals surface area (Å²) >= 11 is 0. The number of nitro benzene ring substituents is 1. The van der Waals surface area contributed by atoms with E-state index in [-0.39, 0.29) is 11.1 Å². The molecule has 0 unspecified atom stereocenters. The smallest absolute Gasteiger partial charge is 0.312 e.